The van der Waals surface area contributed by atoms with Crippen LogP contribution in [0.1, 0.15) is 40.5 Å². The average Bonchev–Trinajstić information content (AvgIpc) is 3.45. The molecule has 2 aromatic heterocycles. The van der Waals surface area contributed by atoms with Crippen molar-refractivity contribution in [3.63, 3.8) is 0 Å². The first kappa shape index (κ1) is 17.9. The number of hydrogen-bond acceptors (Lipinski definition) is 6. The van der Waals surface area contributed by atoms with E-state index in [0.29, 0.717) is 22.9 Å². The number of carboxylic acids is 1. The van der Waals surface area contributed by atoms with Gasteiger partial charge >= 0.3 is 5.97 Å². The van der Waals surface area contributed by atoms with Crippen LogP contribution in [0.4, 0.5) is 0 Å². The number of carboxylic acid groups (broad SMARTS) is 1. The normalized spacial score (nSPS) is 13.5. The molecule has 28 heavy (non-hydrogen) atoms. The molecule has 144 valence electrons. The van der Waals surface area contributed by atoms with Crippen molar-refractivity contribution in [2.75, 3.05) is 7.11 Å². The fourth-order valence-corrected chi connectivity index (χ4v) is 3.03. The van der Waals surface area contributed by atoms with Crippen molar-refractivity contribution in [2.45, 2.75) is 31.8 Å². The maximum absolute atomic E-state index is 12.9. The van der Waals surface area contributed by atoms with E-state index >= 15 is 0 Å². The van der Waals surface area contributed by atoms with Crippen LogP contribution in [0.5, 0.6) is 5.75 Å². The number of rotatable bonds is 7. The van der Waals surface area contributed by atoms with E-state index in [4.69, 9.17) is 9.84 Å². The lowest BCUT2D eigenvalue weighted by molar-refractivity contribution is -0.137. The number of methoxy groups -OCH3 is 1. The van der Waals surface area contributed by atoms with Gasteiger partial charge < -0.3 is 15.2 Å². The number of fused-ring (bicyclic) bond motifs is 1. The minimum atomic E-state index is -1.01. The highest BCUT2D eigenvalue weighted by molar-refractivity contribution is 6.06. The van der Waals surface area contributed by atoms with Gasteiger partial charge in [0.2, 0.25) is 0 Å². The minimum absolute atomic E-state index is 0.144. The molecule has 0 spiro atoms. The predicted molar refractivity (Wildman–Crippen MR) is 99.1 cm³/mol. The Labute approximate surface area is 160 Å². The summed E-state index contributed by atoms with van der Waals surface area (Å²) >= 11 is 0. The zero-order valence-corrected chi connectivity index (χ0v) is 15.3. The van der Waals surface area contributed by atoms with Crippen LogP contribution in [0.3, 0.4) is 0 Å². The number of aliphatic carboxylic acids is 1. The molecule has 0 bridgehead atoms. The van der Waals surface area contributed by atoms with Crippen molar-refractivity contribution in [3.8, 4) is 5.75 Å². The summed E-state index contributed by atoms with van der Waals surface area (Å²) in [7, 11) is 1.58. The van der Waals surface area contributed by atoms with Crippen LogP contribution >= 0.6 is 0 Å². The molecule has 1 aliphatic rings. The lowest BCUT2D eigenvalue weighted by Gasteiger charge is -2.11. The molecule has 1 aromatic carbocycles. The summed E-state index contributed by atoms with van der Waals surface area (Å²) in [5, 5.41) is 19.9. The fraction of sp³-hybridized carbons (Fsp3) is 0.316. The molecule has 2 heterocycles. The van der Waals surface area contributed by atoms with Crippen LogP contribution in [0.25, 0.3) is 10.9 Å². The fourth-order valence-electron chi connectivity index (χ4n) is 3.03. The third-order valence-electron chi connectivity index (χ3n) is 4.59. The molecule has 9 nitrogen and oxygen atoms in total. The summed E-state index contributed by atoms with van der Waals surface area (Å²) in [4.78, 5) is 28.3. The number of benzene rings is 1. The minimum Gasteiger partial charge on any atom is -0.497 e. The molecule has 1 fully saturated rings. The predicted octanol–water partition coefficient (Wildman–Crippen LogP) is 1.73. The third kappa shape index (κ3) is 3.78. The van der Waals surface area contributed by atoms with E-state index in [9.17, 15) is 9.59 Å². The number of nitrogens with zero attached hydrogens (tertiary/aromatic N) is 4. The molecule has 1 saturated carbocycles. The summed E-state index contributed by atoms with van der Waals surface area (Å²) in [6.45, 7) is -0.133. The third-order valence-corrected chi connectivity index (χ3v) is 4.59. The maximum atomic E-state index is 12.9. The highest BCUT2D eigenvalue weighted by Crippen LogP contribution is 2.40. The summed E-state index contributed by atoms with van der Waals surface area (Å²) in [6.07, 6.45) is 3.67. The van der Waals surface area contributed by atoms with Crippen LogP contribution in [0.15, 0.2) is 30.5 Å². The van der Waals surface area contributed by atoms with Crippen LogP contribution in [-0.4, -0.2) is 44.1 Å². The van der Waals surface area contributed by atoms with Gasteiger partial charge in [-0.25, -0.2) is 4.68 Å². The maximum Gasteiger partial charge on any atom is 0.325 e. The molecule has 1 amide bonds. The molecule has 2 N–H and O–H groups in total. The first-order valence-corrected chi connectivity index (χ1v) is 8.91. The lowest BCUT2D eigenvalue weighted by atomic mass is 10.0. The molecule has 0 unspecified atom stereocenters. The van der Waals surface area contributed by atoms with Gasteiger partial charge in [0.25, 0.3) is 5.91 Å². The number of hydrogen-bond donors (Lipinski definition) is 2. The second kappa shape index (κ2) is 7.26. The van der Waals surface area contributed by atoms with E-state index in [1.54, 1.807) is 13.2 Å². The molecule has 4 rings (SSSR count). The molecule has 0 atom stereocenters. The van der Waals surface area contributed by atoms with Crippen LogP contribution in [-0.2, 0) is 17.9 Å². The monoisotopic (exact) mass is 381 g/mol. The van der Waals surface area contributed by atoms with Crippen molar-refractivity contribution >= 4 is 22.8 Å². The lowest BCUT2D eigenvalue weighted by Crippen LogP contribution is -2.23. The van der Waals surface area contributed by atoms with Crippen molar-refractivity contribution in [1.82, 2.24) is 25.3 Å². The summed E-state index contributed by atoms with van der Waals surface area (Å²) in [6, 6.07) is 7.33. The number of ether oxygens (including phenoxy) is 1. The standard InChI is InChI=1S/C19H19N5O4/c1-28-13-4-5-16-14(6-13)15(7-17(21-16)11-2-3-11)19(27)20-8-12-9-24(23-22-12)10-18(25)26/h4-7,9,11H,2-3,8,10H2,1H3,(H,20,27)(H,25,26). The van der Waals surface area contributed by atoms with Gasteiger partial charge in [0, 0.05) is 17.0 Å². The molecule has 1 aliphatic carbocycles. The van der Waals surface area contributed by atoms with Gasteiger partial charge in [-0.15, -0.1) is 5.10 Å². The van der Waals surface area contributed by atoms with Crippen molar-refractivity contribution in [3.05, 3.63) is 47.4 Å². The Kier molecular flexibility index (Phi) is 4.64. The second-order valence-electron chi connectivity index (χ2n) is 6.74. The summed E-state index contributed by atoms with van der Waals surface area (Å²) in [5.74, 6) is -0.200. The highest BCUT2D eigenvalue weighted by atomic mass is 16.5. The smallest absolute Gasteiger partial charge is 0.325 e. The second-order valence-corrected chi connectivity index (χ2v) is 6.74. The van der Waals surface area contributed by atoms with Crippen molar-refractivity contribution in [2.24, 2.45) is 0 Å². The van der Waals surface area contributed by atoms with E-state index in [-0.39, 0.29) is 19.0 Å². The van der Waals surface area contributed by atoms with Crippen LogP contribution < -0.4 is 10.1 Å². The average molecular weight is 381 g/mol. The Hall–Kier alpha value is -3.49. The molecular formula is C19H19N5O4. The van der Waals surface area contributed by atoms with Crippen LogP contribution in [0.2, 0.25) is 0 Å². The number of aromatic nitrogens is 4. The summed E-state index contributed by atoms with van der Waals surface area (Å²) in [5.41, 5.74) is 2.69. The van der Waals surface area contributed by atoms with E-state index in [1.165, 1.54) is 10.9 Å². The molecule has 3 aromatic rings. The van der Waals surface area contributed by atoms with Gasteiger partial charge in [0.15, 0.2) is 0 Å². The number of amides is 1. The Morgan fingerprint density at radius 1 is 1.32 bits per heavy atom. The van der Waals surface area contributed by atoms with E-state index in [1.807, 2.05) is 18.2 Å². The van der Waals surface area contributed by atoms with E-state index in [0.717, 1.165) is 29.4 Å². The van der Waals surface area contributed by atoms with Crippen molar-refractivity contribution in [1.29, 1.82) is 0 Å². The summed E-state index contributed by atoms with van der Waals surface area (Å²) < 4.78 is 6.49. The van der Waals surface area contributed by atoms with Gasteiger partial charge in [-0.05, 0) is 37.1 Å². The Balaban J connectivity index is 1.58. The highest BCUT2D eigenvalue weighted by Gasteiger charge is 2.27. The molecular weight excluding hydrogens is 362 g/mol. The topological polar surface area (TPSA) is 119 Å². The zero-order valence-electron chi connectivity index (χ0n) is 15.3. The Morgan fingerprint density at radius 3 is 2.86 bits per heavy atom. The van der Waals surface area contributed by atoms with E-state index in [2.05, 4.69) is 20.6 Å². The first-order chi connectivity index (χ1) is 13.5. The number of carbonyl (C=O) groups excluding carboxylic acids is 1. The van der Waals surface area contributed by atoms with Gasteiger partial charge in [0.1, 0.15) is 18.0 Å². The van der Waals surface area contributed by atoms with Gasteiger partial charge in [-0.1, -0.05) is 5.21 Å². The van der Waals surface area contributed by atoms with Crippen LogP contribution in [0, 0.1) is 0 Å². The number of nitrogens with one attached hydrogen (secondary N) is 1. The molecule has 0 aliphatic heterocycles. The van der Waals surface area contributed by atoms with Gasteiger partial charge in [-0.3, -0.25) is 14.6 Å². The van der Waals surface area contributed by atoms with Gasteiger partial charge in [0.05, 0.1) is 30.9 Å². The van der Waals surface area contributed by atoms with Crippen molar-refractivity contribution < 1.29 is 19.4 Å². The molecule has 0 radical (unpaired) electrons. The zero-order chi connectivity index (χ0) is 19.7. The Morgan fingerprint density at radius 2 is 2.14 bits per heavy atom. The molecule has 0 saturated heterocycles. The van der Waals surface area contributed by atoms with E-state index < -0.39 is 5.97 Å². The first-order valence-electron chi connectivity index (χ1n) is 8.91. The number of pyridine rings is 1. The SMILES string of the molecule is COc1ccc2nc(C3CC3)cc(C(=O)NCc3cn(CC(=O)O)nn3)c2c1. The van der Waals surface area contributed by atoms with Gasteiger partial charge in [-0.2, -0.15) is 0 Å². The number of carbonyl (C=O) groups is 2. The quantitative estimate of drug-likeness (QED) is 0.639. The largest absolute Gasteiger partial charge is 0.497 e. The molecule has 9 heteroatoms. The Bertz CT molecular complexity index is 1060.